The first-order chi connectivity index (χ1) is 31.7. The molecule has 0 rings (SSSR count). The zero-order valence-electron chi connectivity index (χ0n) is 42.5. The normalized spacial score (nSPS) is 13.5. The Bertz CT molecular complexity index is 1150. The van der Waals surface area contributed by atoms with Crippen LogP contribution < -0.4 is 5.32 Å². The summed E-state index contributed by atoms with van der Waals surface area (Å²) in [6.45, 7) is 4.16. The standard InChI is InChI=1S/C60H107NO3/c1-3-5-7-9-11-13-15-16-17-18-19-20-21-22-23-24-25-26-27-28-29-30-31-32-33-34-35-36-37-38-39-40-41-42-43-44-46-48-50-52-54-56-60(64)61-58(57-62)59(63)55-53-51-49-47-45-14-12-10-8-6-4-2/h5,7,11,13,16-17,19-20,22-23,45,47,53,55,58-59,62-63H,3-4,6,8-10,12,14-15,18,21,24-44,46,48-52,54,56-57H2,1-2H3,(H,61,64)/b7-5-,13-11-,17-16-,20-19-,23-22-,47-45+,55-53+. The van der Waals surface area contributed by atoms with Crippen molar-refractivity contribution in [3.63, 3.8) is 0 Å². The number of aliphatic hydroxyl groups excluding tert-OH is 2. The zero-order chi connectivity index (χ0) is 46.3. The van der Waals surface area contributed by atoms with Gasteiger partial charge in [0.05, 0.1) is 18.8 Å². The van der Waals surface area contributed by atoms with E-state index in [-0.39, 0.29) is 12.5 Å². The van der Waals surface area contributed by atoms with Gasteiger partial charge in [0.2, 0.25) is 5.91 Å². The molecule has 4 nitrogen and oxygen atoms in total. The first-order valence-corrected chi connectivity index (χ1v) is 27.8. The molecule has 2 atom stereocenters. The molecule has 0 aliphatic carbocycles. The summed E-state index contributed by atoms with van der Waals surface area (Å²) in [6, 6.07) is -0.638. The number of carbonyl (C=O) groups excluding carboxylic acids is 1. The van der Waals surface area contributed by atoms with Crippen LogP contribution in [0.2, 0.25) is 0 Å². The van der Waals surface area contributed by atoms with Gasteiger partial charge < -0.3 is 15.5 Å². The van der Waals surface area contributed by atoms with Gasteiger partial charge in [-0.15, -0.1) is 0 Å². The fraction of sp³-hybridized carbons (Fsp3) is 0.750. The lowest BCUT2D eigenvalue weighted by atomic mass is 10.0. The van der Waals surface area contributed by atoms with Crippen molar-refractivity contribution in [2.24, 2.45) is 0 Å². The minimum absolute atomic E-state index is 0.0735. The topological polar surface area (TPSA) is 69.6 Å². The summed E-state index contributed by atoms with van der Waals surface area (Å²) in [5.74, 6) is -0.0735. The van der Waals surface area contributed by atoms with Crippen LogP contribution in [0.5, 0.6) is 0 Å². The van der Waals surface area contributed by atoms with Crippen molar-refractivity contribution in [2.45, 2.75) is 283 Å². The molecule has 0 aliphatic heterocycles. The van der Waals surface area contributed by atoms with Crippen LogP contribution in [0.4, 0.5) is 0 Å². The highest BCUT2D eigenvalue weighted by Crippen LogP contribution is 2.17. The Labute approximate surface area is 399 Å². The second-order valence-corrected chi connectivity index (χ2v) is 18.6. The lowest BCUT2D eigenvalue weighted by molar-refractivity contribution is -0.123. The molecule has 0 aliphatic rings. The predicted molar refractivity (Wildman–Crippen MR) is 285 cm³/mol. The lowest BCUT2D eigenvalue weighted by Crippen LogP contribution is -2.45. The molecule has 0 saturated heterocycles. The molecular formula is C60H107NO3. The predicted octanol–water partition coefficient (Wildman–Crippen LogP) is 18.4. The van der Waals surface area contributed by atoms with Crippen LogP contribution in [0.25, 0.3) is 0 Å². The maximum Gasteiger partial charge on any atom is 0.220 e. The molecule has 370 valence electrons. The number of allylic oxidation sites excluding steroid dienone is 13. The van der Waals surface area contributed by atoms with E-state index in [4.69, 9.17) is 0 Å². The SMILES string of the molecule is CC/C=C\C/C=C\C/C=C\C/C=C\C/C=C\CCCCCCCCCCCCCCCCCCCCCCCCCCCC(=O)NC(CO)C(O)/C=C/CC/C=C/CCCCCCC. The minimum atomic E-state index is -0.861. The summed E-state index contributed by atoms with van der Waals surface area (Å²) in [5.41, 5.74) is 0. The van der Waals surface area contributed by atoms with Gasteiger partial charge in [0.1, 0.15) is 0 Å². The van der Waals surface area contributed by atoms with Gasteiger partial charge in [-0.3, -0.25) is 4.79 Å². The van der Waals surface area contributed by atoms with Crippen LogP contribution in [0.1, 0.15) is 271 Å². The first-order valence-electron chi connectivity index (χ1n) is 27.8. The van der Waals surface area contributed by atoms with Gasteiger partial charge in [0.25, 0.3) is 0 Å². The molecule has 0 aromatic carbocycles. The van der Waals surface area contributed by atoms with E-state index in [9.17, 15) is 15.0 Å². The van der Waals surface area contributed by atoms with Gasteiger partial charge in [-0.25, -0.2) is 0 Å². The lowest BCUT2D eigenvalue weighted by Gasteiger charge is -2.19. The van der Waals surface area contributed by atoms with E-state index in [2.05, 4.69) is 92.1 Å². The molecule has 0 bridgehead atoms. The summed E-state index contributed by atoms with van der Waals surface area (Å²) < 4.78 is 0. The number of aliphatic hydroxyl groups is 2. The van der Waals surface area contributed by atoms with Crippen molar-refractivity contribution in [1.29, 1.82) is 0 Å². The van der Waals surface area contributed by atoms with Gasteiger partial charge in [0, 0.05) is 6.42 Å². The highest BCUT2D eigenvalue weighted by atomic mass is 16.3. The van der Waals surface area contributed by atoms with Gasteiger partial charge in [-0.2, -0.15) is 0 Å². The molecule has 2 unspecified atom stereocenters. The molecule has 0 saturated carbocycles. The smallest absolute Gasteiger partial charge is 0.220 e. The maximum absolute atomic E-state index is 12.4. The molecule has 64 heavy (non-hydrogen) atoms. The summed E-state index contributed by atoms with van der Waals surface area (Å²) in [6.07, 6.45) is 80.5. The highest BCUT2D eigenvalue weighted by molar-refractivity contribution is 5.76. The Morgan fingerprint density at radius 1 is 0.391 bits per heavy atom. The number of unbranched alkanes of at least 4 members (excludes halogenated alkanes) is 31. The van der Waals surface area contributed by atoms with Crippen LogP contribution >= 0.6 is 0 Å². The van der Waals surface area contributed by atoms with Crippen LogP contribution in [0.3, 0.4) is 0 Å². The molecule has 0 heterocycles. The minimum Gasteiger partial charge on any atom is -0.394 e. The second-order valence-electron chi connectivity index (χ2n) is 18.6. The summed E-state index contributed by atoms with van der Waals surface area (Å²) in [5, 5.41) is 23.0. The maximum atomic E-state index is 12.4. The Morgan fingerprint density at radius 2 is 0.703 bits per heavy atom. The number of rotatable bonds is 50. The number of amides is 1. The third-order valence-corrected chi connectivity index (χ3v) is 12.4. The Hall–Kier alpha value is -2.43. The number of hydrogen-bond acceptors (Lipinski definition) is 3. The average Bonchev–Trinajstić information content (AvgIpc) is 3.30. The van der Waals surface area contributed by atoms with Crippen molar-refractivity contribution >= 4 is 5.91 Å². The molecule has 0 radical (unpaired) electrons. The average molecular weight is 891 g/mol. The summed E-state index contributed by atoms with van der Waals surface area (Å²) in [7, 11) is 0. The molecule has 3 N–H and O–H groups in total. The summed E-state index contributed by atoms with van der Waals surface area (Å²) >= 11 is 0. The molecule has 0 fully saturated rings. The molecule has 4 heteroatoms. The summed E-state index contributed by atoms with van der Waals surface area (Å²) in [4.78, 5) is 12.4. The van der Waals surface area contributed by atoms with E-state index in [0.717, 1.165) is 64.2 Å². The quantitative estimate of drug-likeness (QED) is 0.0421. The first kappa shape index (κ1) is 61.6. The van der Waals surface area contributed by atoms with E-state index < -0.39 is 12.1 Å². The Kier molecular flexibility index (Phi) is 52.8. The fourth-order valence-corrected chi connectivity index (χ4v) is 8.16. The third-order valence-electron chi connectivity index (χ3n) is 12.4. The molecule has 0 aromatic rings. The van der Waals surface area contributed by atoms with Gasteiger partial charge in [0.15, 0.2) is 0 Å². The number of carbonyl (C=O) groups is 1. The van der Waals surface area contributed by atoms with Gasteiger partial charge in [-0.05, 0) is 77.0 Å². The van der Waals surface area contributed by atoms with Gasteiger partial charge in [-0.1, -0.05) is 272 Å². The number of nitrogens with one attached hydrogen (secondary N) is 1. The van der Waals surface area contributed by atoms with Gasteiger partial charge >= 0.3 is 0 Å². The van der Waals surface area contributed by atoms with E-state index >= 15 is 0 Å². The fourth-order valence-electron chi connectivity index (χ4n) is 8.16. The van der Waals surface area contributed by atoms with Crippen molar-refractivity contribution in [3.8, 4) is 0 Å². The second kappa shape index (κ2) is 54.9. The molecule has 1 amide bonds. The van der Waals surface area contributed by atoms with Crippen LogP contribution in [-0.2, 0) is 4.79 Å². The van der Waals surface area contributed by atoms with Crippen molar-refractivity contribution < 1.29 is 15.0 Å². The van der Waals surface area contributed by atoms with Crippen molar-refractivity contribution in [3.05, 3.63) is 85.1 Å². The van der Waals surface area contributed by atoms with E-state index in [1.165, 1.54) is 186 Å². The molecule has 0 spiro atoms. The molecular weight excluding hydrogens is 783 g/mol. The van der Waals surface area contributed by atoms with Crippen LogP contribution in [0, 0.1) is 0 Å². The number of hydrogen-bond donors (Lipinski definition) is 3. The molecule has 0 aromatic heterocycles. The van der Waals surface area contributed by atoms with Crippen molar-refractivity contribution in [1.82, 2.24) is 5.32 Å². The highest BCUT2D eigenvalue weighted by Gasteiger charge is 2.18. The zero-order valence-corrected chi connectivity index (χ0v) is 42.5. The van der Waals surface area contributed by atoms with E-state index in [1.807, 2.05) is 6.08 Å². The van der Waals surface area contributed by atoms with E-state index in [0.29, 0.717) is 6.42 Å². The van der Waals surface area contributed by atoms with Crippen LogP contribution in [0.15, 0.2) is 85.1 Å². The Morgan fingerprint density at radius 3 is 1.09 bits per heavy atom. The third kappa shape index (κ3) is 50.6. The van der Waals surface area contributed by atoms with Crippen molar-refractivity contribution in [2.75, 3.05) is 6.61 Å². The van der Waals surface area contributed by atoms with Crippen LogP contribution in [-0.4, -0.2) is 34.9 Å². The Balaban J connectivity index is 3.40. The monoisotopic (exact) mass is 890 g/mol. The largest absolute Gasteiger partial charge is 0.394 e. The van der Waals surface area contributed by atoms with E-state index in [1.54, 1.807) is 6.08 Å².